The van der Waals surface area contributed by atoms with Crippen LogP contribution >= 0.6 is 0 Å². The highest BCUT2D eigenvalue weighted by atomic mass is 32.3. The molecule has 1 heterocycles. The molecule has 0 aromatic heterocycles. The molecule has 13 heteroatoms. The van der Waals surface area contributed by atoms with Crippen molar-refractivity contribution in [3.63, 3.8) is 0 Å². The zero-order valence-electron chi connectivity index (χ0n) is 52.2. The monoisotopic (exact) mass is 1160 g/mol. The smallest absolute Gasteiger partial charge is 0.394 e. The van der Waals surface area contributed by atoms with E-state index in [1.807, 2.05) is 0 Å². The number of aliphatic hydroxyl groups excluding tert-OH is 4. The van der Waals surface area contributed by atoms with E-state index in [1.165, 1.54) is 276 Å². The minimum absolute atomic E-state index is 0.221. The standard InChI is InChI=1S/C67H131NO11S/c1-3-5-7-9-11-13-15-17-19-21-23-25-26-27-28-29-30-31-32-33-34-35-36-37-39-41-43-45-47-49-51-53-55-57-63(71)68-60(59-77-67-65(73)66(79-80(74,75)76)64(72)62(58-69)78-67)61(70)56-54-52-50-48-46-44-42-40-38-24-22-20-18-16-14-12-10-8-6-4-2/h27-28,60-62,64-67,69-70,72-73H,3-26,29-59H2,1-2H3,(H,68,71)(H,74,75,76)/b28-27-. The van der Waals surface area contributed by atoms with Crippen LogP contribution in [-0.4, -0.2) is 95.4 Å². The Labute approximate surface area is 493 Å². The van der Waals surface area contributed by atoms with Crippen LogP contribution in [-0.2, 0) is 28.9 Å². The Hall–Kier alpha value is -1.16. The van der Waals surface area contributed by atoms with Gasteiger partial charge in [0.2, 0.25) is 5.91 Å². The van der Waals surface area contributed by atoms with Crippen molar-refractivity contribution >= 4 is 16.3 Å². The Morgan fingerprint density at radius 1 is 0.487 bits per heavy atom. The summed E-state index contributed by atoms with van der Waals surface area (Å²) < 4.78 is 48.1. The summed E-state index contributed by atoms with van der Waals surface area (Å²) in [4.78, 5) is 13.2. The maximum absolute atomic E-state index is 13.2. The van der Waals surface area contributed by atoms with Crippen LogP contribution < -0.4 is 5.32 Å². The maximum atomic E-state index is 13.2. The molecular formula is C67H131NO11S. The summed E-state index contributed by atoms with van der Waals surface area (Å²) in [5.41, 5.74) is 0. The minimum atomic E-state index is -5.08. The van der Waals surface area contributed by atoms with Crippen molar-refractivity contribution < 1.29 is 51.8 Å². The summed E-state index contributed by atoms with van der Waals surface area (Å²) in [7, 11) is -5.08. The molecule has 12 nitrogen and oxygen atoms in total. The normalized spacial score (nSPS) is 18.6. The second-order valence-corrected chi connectivity index (χ2v) is 25.5. The zero-order chi connectivity index (χ0) is 58.3. The lowest BCUT2D eigenvalue weighted by molar-refractivity contribution is -0.298. The second kappa shape index (κ2) is 56.9. The van der Waals surface area contributed by atoms with Gasteiger partial charge in [0.25, 0.3) is 0 Å². The van der Waals surface area contributed by atoms with Crippen molar-refractivity contribution in [2.75, 3.05) is 13.2 Å². The molecule has 6 N–H and O–H groups in total. The average molecular weight is 1160 g/mol. The van der Waals surface area contributed by atoms with Gasteiger partial charge in [-0.15, -0.1) is 0 Å². The first-order valence-electron chi connectivity index (χ1n) is 34.6. The van der Waals surface area contributed by atoms with Gasteiger partial charge in [-0.2, -0.15) is 8.42 Å². The van der Waals surface area contributed by atoms with Gasteiger partial charge in [-0.05, 0) is 38.5 Å². The van der Waals surface area contributed by atoms with E-state index in [9.17, 15) is 38.2 Å². The van der Waals surface area contributed by atoms with Crippen LogP contribution in [0.15, 0.2) is 12.2 Å². The number of hydrogen-bond donors (Lipinski definition) is 6. The number of carbonyl (C=O) groups excluding carboxylic acids is 1. The Balaban J connectivity index is 2.21. The van der Waals surface area contributed by atoms with Gasteiger partial charge in [0.05, 0.1) is 25.4 Å². The molecule has 7 unspecified atom stereocenters. The summed E-state index contributed by atoms with van der Waals surface area (Å²) in [5.74, 6) is -0.221. The fourth-order valence-electron chi connectivity index (χ4n) is 11.5. The topological polar surface area (TPSA) is 192 Å². The third kappa shape index (κ3) is 48.1. The van der Waals surface area contributed by atoms with E-state index in [0.717, 1.165) is 51.4 Å². The van der Waals surface area contributed by atoms with Gasteiger partial charge in [0, 0.05) is 6.42 Å². The number of amides is 1. The lowest BCUT2D eigenvalue weighted by Gasteiger charge is -2.41. The van der Waals surface area contributed by atoms with Crippen LogP contribution in [0.5, 0.6) is 0 Å². The van der Waals surface area contributed by atoms with E-state index < -0.39 is 59.9 Å². The number of ether oxygens (including phenoxy) is 2. The number of unbranched alkanes of at least 4 members (excludes halogenated alkanes) is 48. The van der Waals surface area contributed by atoms with Crippen LogP contribution in [0.2, 0.25) is 0 Å². The Kier molecular flexibility index (Phi) is 54.7. The molecule has 0 bridgehead atoms. The number of hydrogen-bond acceptors (Lipinski definition) is 10. The van der Waals surface area contributed by atoms with Crippen LogP contribution in [0.25, 0.3) is 0 Å². The predicted octanol–water partition coefficient (Wildman–Crippen LogP) is 17.7. The van der Waals surface area contributed by atoms with Gasteiger partial charge >= 0.3 is 10.4 Å². The van der Waals surface area contributed by atoms with Crippen molar-refractivity contribution in [3.05, 3.63) is 12.2 Å². The summed E-state index contributed by atoms with van der Waals surface area (Å²) in [6, 6.07) is -0.856. The zero-order valence-corrected chi connectivity index (χ0v) is 53.0. The molecule has 0 aromatic carbocycles. The fraction of sp³-hybridized carbons (Fsp3) is 0.955. The van der Waals surface area contributed by atoms with Crippen LogP contribution in [0.1, 0.15) is 354 Å². The SMILES string of the molecule is CCCCCCCCCCCCCC/C=C\CCCCCCCCCCCCCCCCCCCC(=O)NC(COC1OC(CO)C(O)C(OS(=O)(=O)O)C1O)C(O)CCCCCCCCCCCCCCCCCCCCCC. The van der Waals surface area contributed by atoms with Crippen LogP contribution in [0.4, 0.5) is 0 Å². The molecule has 0 saturated carbocycles. The summed E-state index contributed by atoms with van der Waals surface area (Å²) in [5, 5.41) is 45.3. The third-order valence-corrected chi connectivity index (χ3v) is 17.3. The molecule has 80 heavy (non-hydrogen) atoms. The first-order valence-corrected chi connectivity index (χ1v) is 35.9. The lowest BCUT2D eigenvalue weighted by Crippen LogP contribution is -2.61. The fourth-order valence-corrected chi connectivity index (χ4v) is 12.0. The summed E-state index contributed by atoms with van der Waals surface area (Å²) in [6.45, 7) is 3.52. The largest absolute Gasteiger partial charge is 0.397 e. The molecule has 1 amide bonds. The van der Waals surface area contributed by atoms with E-state index in [0.29, 0.717) is 12.8 Å². The van der Waals surface area contributed by atoms with Crippen LogP contribution in [0, 0.1) is 0 Å². The van der Waals surface area contributed by atoms with Crippen molar-refractivity contribution in [3.8, 4) is 0 Å². The van der Waals surface area contributed by atoms with Gasteiger partial charge in [-0.3, -0.25) is 9.35 Å². The molecule has 0 spiro atoms. The molecular weight excluding hydrogens is 1030 g/mol. The van der Waals surface area contributed by atoms with Crippen LogP contribution in [0.3, 0.4) is 0 Å². The van der Waals surface area contributed by atoms with E-state index >= 15 is 0 Å². The number of aliphatic hydroxyl groups is 4. The predicted molar refractivity (Wildman–Crippen MR) is 333 cm³/mol. The highest BCUT2D eigenvalue weighted by molar-refractivity contribution is 7.80. The highest BCUT2D eigenvalue weighted by Gasteiger charge is 2.48. The molecule has 1 aliphatic rings. The van der Waals surface area contributed by atoms with Gasteiger partial charge < -0.3 is 35.2 Å². The van der Waals surface area contributed by atoms with Crippen molar-refractivity contribution in [1.29, 1.82) is 0 Å². The molecule has 1 fully saturated rings. The summed E-state index contributed by atoms with van der Waals surface area (Å²) in [6.07, 6.45) is 62.5. The van der Waals surface area contributed by atoms with Gasteiger partial charge in [0.15, 0.2) is 6.29 Å². The molecule has 1 rings (SSSR count). The van der Waals surface area contributed by atoms with E-state index in [4.69, 9.17) is 9.47 Å². The van der Waals surface area contributed by atoms with Gasteiger partial charge in [0.1, 0.15) is 24.4 Å². The number of nitrogens with one attached hydrogen (secondary N) is 1. The van der Waals surface area contributed by atoms with Gasteiger partial charge in [-0.25, -0.2) is 4.18 Å². The Bertz CT molecular complexity index is 1450. The molecule has 0 aliphatic carbocycles. The van der Waals surface area contributed by atoms with Crippen molar-refractivity contribution in [2.24, 2.45) is 0 Å². The first-order chi connectivity index (χ1) is 39.0. The first kappa shape index (κ1) is 76.9. The average Bonchev–Trinajstić information content (AvgIpc) is 3.43. The second-order valence-electron chi connectivity index (χ2n) is 24.5. The van der Waals surface area contributed by atoms with Crippen molar-refractivity contribution in [2.45, 2.75) is 397 Å². The third-order valence-electron chi connectivity index (χ3n) is 16.8. The minimum Gasteiger partial charge on any atom is -0.394 e. The number of allylic oxidation sites excluding steroid dienone is 2. The maximum Gasteiger partial charge on any atom is 0.397 e. The molecule has 476 valence electrons. The molecule has 7 atom stereocenters. The van der Waals surface area contributed by atoms with E-state index in [2.05, 4.69) is 35.5 Å². The molecule has 1 aliphatic heterocycles. The molecule has 0 aromatic rings. The lowest BCUT2D eigenvalue weighted by atomic mass is 9.99. The van der Waals surface area contributed by atoms with Crippen molar-refractivity contribution in [1.82, 2.24) is 5.32 Å². The van der Waals surface area contributed by atoms with Gasteiger partial charge in [-0.1, -0.05) is 321 Å². The number of rotatable bonds is 62. The molecule has 1 saturated heterocycles. The number of carbonyl (C=O) groups is 1. The van der Waals surface area contributed by atoms with E-state index in [-0.39, 0.29) is 12.5 Å². The Morgan fingerprint density at radius 2 is 0.800 bits per heavy atom. The highest BCUT2D eigenvalue weighted by Crippen LogP contribution is 2.27. The Morgan fingerprint density at radius 3 is 1.12 bits per heavy atom. The van der Waals surface area contributed by atoms with E-state index in [1.54, 1.807) is 0 Å². The quantitative estimate of drug-likeness (QED) is 0.0193. The molecule has 0 radical (unpaired) electrons. The summed E-state index contributed by atoms with van der Waals surface area (Å²) >= 11 is 0.